The van der Waals surface area contributed by atoms with E-state index in [-0.39, 0.29) is 11.4 Å². The molecule has 0 atom stereocenters. The molecular formula is C12H23NO. The zero-order valence-electron chi connectivity index (χ0n) is 9.73. The normalized spacial score (nSPS) is 20.9. The van der Waals surface area contributed by atoms with Crippen LogP contribution in [0, 0.1) is 5.92 Å². The van der Waals surface area contributed by atoms with Crippen LogP contribution in [0.4, 0.5) is 0 Å². The van der Waals surface area contributed by atoms with Gasteiger partial charge >= 0.3 is 0 Å². The van der Waals surface area contributed by atoms with E-state index >= 15 is 0 Å². The summed E-state index contributed by atoms with van der Waals surface area (Å²) in [4.78, 5) is 11.6. The number of amides is 1. The van der Waals surface area contributed by atoms with Crippen LogP contribution >= 0.6 is 0 Å². The summed E-state index contributed by atoms with van der Waals surface area (Å²) in [6.45, 7) is 6.36. The van der Waals surface area contributed by atoms with Gasteiger partial charge in [0, 0.05) is 12.0 Å². The molecule has 2 heteroatoms. The lowest BCUT2D eigenvalue weighted by Gasteiger charge is -2.34. The van der Waals surface area contributed by atoms with Crippen molar-refractivity contribution in [1.82, 2.24) is 5.32 Å². The number of nitrogens with one attached hydrogen (secondary N) is 1. The Morgan fingerprint density at radius 3 is 2.36 bits per heavy atom. The predicted octanol–water partition coefficient (Wildman–Crippen LogP) is 2.87. The third kappa shape index (κ3) is 3.69. The molecule has 1 saturated carbocycles. The molecule has 82 valence electrons. The third-order valence-corrected chi connectivity index (χ3v) is 2.99. The zero-order valence-corrected chi connectivity index (χ0v) is 9.73. The first-order chi connectivity index (χ1) is 6.52. The van der Waals surface area contributed by atoms with E-state index in [0.29, 0.717) is 12.3 Å². The Labute approximate surface area is 87.5 Å². The van der Waals surface area contributed by atoms with Crippen LogP contribution in [0.2, 0.25) is 0 Å². The lowest BCUT2D eigenvalue weighted by atomic mass is 9.83. The molecule has 14 heavy (non-hydrogen) atoms. The maximum atomic E-state index is 11.6. The summed E-state index contributed by atoms with van der Waals surface area (Å²) >= 11 is 0. The van der Waals surface area contributed by atoms with Crippen molar-refractivity contribution in [1.29, 1.82) is 0 Å². The minimum Gasteiger partial charge on any atom is -0.351 e. The molecule has 0 saturated heterocycles. The van der Waals surface area contributed by atoms with E-state index in [1.54, 1.807) is 0 Å². The molecule has 0 aliphatic heterocycles. The molecule has 1 aliphatic rings. The largest absolute Gasteiger partial charge is 0.351 e. The molecule has 2 nitrogen and oxygen atoms in total. The molecule has 1 rings (SSSR count). The topological polar surface area (TPSA) is 29.1 Å². The summed E-state index contributed by atoms with van der Waals surface area (Å²) in [5.41, 5.74) is 0.0875. The second-order valence-electron chi connectivity index (χ2n) is 5.27. The van der Waals surface area contributed by atoms with Crippen molar-refractivity contribution in [2.45, 2.75) is 64.8 Å². The lowest BCUT2D eigenvalue weighted by molar-refractivity contribution is -0.123. The maximum absolute atomic E-state index is 11.6. The molecule has 0 bridgehead atoms. The van der Waals surface area contributed by atoms with E-state index in [4.69, 9.17) is 0 Å². The van der Waals surface area contributed by atoms with Gasteiger partial charge in [-0.15, -0.1) is 0 Å². The standard InChI is InChI=1S/C12H23NO/c1-10(2)9-11(14)13-12(3)7-5-4-6-8-12/h10H,4-9H2,1-3H3,(H,13,14). The van der Waals surface area contributed by atoms with Crippen molar-refractivity contribution < 1.29 is 4.79 Å². The first kappa shape index (κ1) is 11.5. The van der Waals surface area contributed by atoms with Crippen LogP contribution in [0.1, 0.15) is 59.3 Å². The molecule has 1 fully saturated rings. The van der Waals surface area contributed by atoms with E-state index in [9.17, 15) is 4.79 Å². The fourth-order valence-electron chi connectivity index (χ4n) is 2.22. The molecule has 1 amide bonds. The molecule has 0 aromatic heterocycles. The molecular weight excluding hydrogens is 174 g/mol. The summed E-state index contributed by atoms with van der Waals surface area (Å²) in [6, 6.07) is 0. The van der Waals surface area contributed by atoms with Gasteiger partial charge in [-0.05, 0) is 25.7 Å². The highest BCUT2D eigenvalue weighted by Gasteiger charge is 2.28. The van der Waals surface area contributed by atoms with E-state index in [0.717, 1.165) is 12.8 Å². The minimum absolute atomic E-state index is 0.0875. The van der Waals surface area contributed by atoms with Crippen LogP contribution < -0.4 is 5.32 Å². The van der Waals surface area contributed by atoms with Gasteiger partial charge in [0.25, 0.3) is 0 Å². The predicted molar refractivity (Wildman–Crippen MR) is 59.1 cm³/mol. The van der Waals surface area contributed by atoms with Crippen molar-refractivity contribution in [2.24, 2.45) is 5.92 Å². The Balaban J connectivity index is 2.37. The average molecular weight is 197 g/mol. The Bertz CT molecular complexity index is 192. The number of rotatable bonds is 3. The van der Waals surface area contributed by atoms with Gasteiger partial charge in [0.2, 0.25) is 5.91 Å². The first-order valence-electron chi connectivity index (χ1n) is 5.83. The van der Waals surface area contributed by atoms with Crippen LogP contribution in [-0.4, -0.2) is 11.4 Å². The maximum Gasteiger partial charge on any atom is 0.220 e. The number of hydrogen-bond donors (Lipinski definition) is 1. The summed E-state index contributed by atoms with van der Waals surface area (Å²) in [5, 5.41) is 3.19. The van der Waals surface area contributed by atoms with Gasteiger partial charge < -0.3 is 5.32 Å². The Morgan fingerprint density at radius 1 is 1.29 bits per heavy atom. The van der Waals surface area contributed by atoms with Gasteiger partial charge in [0.15, 0.2) is 0 Å². The molecule has 1 aliphatic carbocycles. The Hall–Kier alpha value is -0.530. The van der Waals surface area contributed by atoms with E-state index in [2.05, 4.69) is 26.1 Å². The van der Waals surface area contributed by atoms with Gasteiger partial charge in [-0.2, -0.15) is 0 Å². The van der Waals surface area contributed by atoms with Gasteiger partial charge in [-0.3, -0.25) is 4.79 Å². The van der Waals surface area contributed by atoms with Gasteiger partial charge in [-0.1, -0.05) is 33.1 Å². The molecule has 0 heterocycles. The van der Waals surface area contributed by atoms with Gasteiger partial charge in [0.05, 0.1) is 0 Å². The minimum atomic E-state index is 0.0875. The fraction of sp³-hybridized carbons (Fsp3) is 0.917. The lowest BCUT2D eigenvalue weighted by Crippen LogP contribution is -2.47. The van der Waals surface area contributed by atoms with E-state index in [1.165, 1.54) is 19.3 Å². The monoisotopic (exact) mass is 197 g/mol. The molecule has 0 radical (unpaired) electrons. The van der Waals surface area contributed by atoms with Crippen LogP contribution in [0.15, 0.2) is 0 Å². The summed E-state index contributed by atoms with van der Waals surface area (Å²) < 4.78 is 0. The summed E-state index contributed by atoms with van der Waals surface area (Å²) in [7, 11) is 0. The van der Waals surface area contributed by atoms with Crippen molar-refractivity contribution >= 4 is 5.91 Å². The van der Waals surface area contributed by atoms with Crippen LogP contribution in [0.3, 0.4) is 0 Å². The number of carbonyl (C=O) groups is 1. The number of hydrogen-bond acceptors (Lipinski definition) is 1. The van der Waals surface area contributed by atoms with Crippen molar-refractivity contribution in [3.8, 4) is 0 Å². The highest BCUT2D eigenvalue weighted by Crippen LogP contribution is 2.27. The third-order valence-electron chi connectivity index (χ3n) is 2.99. The van der Waals surface area contributed by atoms with E-state index < -0.39 is 0 Å². The van der Waals surface area contributed by atoms with Gasteiger partial charge in [0.1, 0.15) is 0 Å². The number of carbonyl (C=O) groups excluding carboxylic acids is 1. The Morgan fingerprint density at radius 2 is 1.86 bits per heavy atom. The Kier molecular flexibility index (Phi) is 3.97. The quantitative estimate of drug-likeness (QED) is 0.740. The van der Waals surface area contributed by atoms with Crippen LogP contribution in [0.25, 0.3) is 0 Å². The van der Waals surface area contributed by atoms with E-state index in [1.807, 2.05) is 0 Å². The molecule has 0 aromatic carbocycles. The van der Waals surface area contributed by atoms with Crippen molar-refractivity contribution in [3.05, 3.63) is 0 Å². The smallest absolute Gasteiger partial charge is 0.220 e. The summed E-state index contributed by atoms with van der Waals surface area (Å²) in [6.07, 6.45) is 6.82. The second kappa shape index (κ2) is 4.81. The molecule has 0 unspecified atom stereocenters. The van der Waals surface area contributed by atoms with Crippen molar-refractivity contribution in [2.75, 3.05) is 0 Å². The summed E-state index contributed by atoms with van der Waals surface area (Å²) in [5.74, 6) is 0.687. The molecule has 0 spiro atoms. The molecule has 1 N–H and O–H groups in total. The van der Waals surface area contributed by atoms with Crippen LogP contribution in [0.5, 0.6) is 0 Å². The average Bonchev–Trinajstić information content (AvgIpc) is 2.02. The van der Waals surface area contributed by atoms with Gasteiger partial charge in [-0.25, -0.2) is 0 Å². The fourth-order valence-corrected chi connectivity index (χ4v) is 2.22. The highest BCUT2D eigenvalue weighted by atomic mass is 16.1. The highest BCUT2D eigenvalue weighted by molar-refractivity contribution is 5.76. The molecule has 0 aromatic rings. The zero-order chi connectivity index (χ0) is 10.6. The van der Waals surface area contributed by atoms with Crippen molar-refractivity contribution in [3.63, 3.8) is 0 Å². The van der Waals surface area contributed by atoms with Crippen LogP contribution in [-0.2, 0) is 4.79 Å². The first-order valence-corrected chi connectivity index (χ1v) is 5.83. The second-order valence-corrected chi connectivity index (χ2v) is 5.27. The SMILES string of the molecule is CC(C)CC(=O)NC1(C)CCCCC1.